The second kappa shape index (κ2) is 7.22. The molecule has 1 rings (SSSR count). The summed E-state index contributed by atoms with van der Waals surface area (Å²) < 4.78 is 5.38. The Balaban J connectivity index is 2.09. The van der Waals surface area contributed by atoms with Gasteiger partial charge in [0.2, 0.25) is 0 Å². The maximum atomic E-state index is 9.76. The zero-order valence-electron chi connectivity index (χ0n) is 10.8. The predicted octanol–water partition coefficient (Wildman–Crippen LogP) is 0.456. The Hall–Kier alpha value is -0.160. The molecule has 0 aromatic carbocycles. The van der Waals surface area contributed by atoms with Crippen molar-refractivity contribution >= 4 is 0 Å². The Morgan fingerprint density at radius 1 is 1.50 bits per heavy atom. The molecule has 4 heteroatoms. The third-order valence-corrected chi connectivity index (χ3v) is 2.84. The van der Waals surface area contributed by atoms with Gasteiger partial charge in [-0.3, -0.25) is 0 Å². The van der Waals surface area contributed by atoms with E-state index in [0.29, 0.717) is 19.2 Å². The van der Waals surface area contributed by atoms with E-state index in [1.165, 1.54) is 12.8 Å². The van der Waals surface area contributed by atoms with E-state index in [4.69, 9.17) is 4.74 Å². The lowest BCUT2D eigenvalue weighted by Crippen LogP contribution is -2.40. The van der Waals surface area contributed by atoms with Crippen LogP contribution in [0, 0.1) is 0 Å². The van der Waals surface area contributed by atoms with Gasteiger partial charge < -0.3 is 20.1 Å². The first-order valence-corrected chi connectivity index (χ1v) is 6.29. The zero-order valence-corrected chi connectivity index (χ0v) is 10.8. The van der Waals surface area contributed by atoms with E-state index in [2.05, 4.69) is 17.3 Å². The molecular weight excluding hydrogens is 204 g/mol. The summed E-state index contributed by atoms with van der Waals surface area (Å²) in [7, 11) is 2.05. The van der Waals surface area contributed by atoms with Gasteiger partial charge in [-0.2, -0.15) is 0 Å². The first-order valence-electron chi connectivity index (χ1n) is 6.29. The molecule has 0 saturated carbocycles. The summed E-state index contributed by atoms with van der Waals surface area (Å²) in [6, 6.07) is 0.600. The highest BCUT2D eigenvalue weighted by Crippen LogP contribution is 2.06. The molecule has 0 spiro atoms. The van der Waals surface area contributed by atoms with E-state index in [9.17, 15) is 5.11 Å². The van der Waals surface area contributed by atoms with Gasteiger partial charge in [-0.15, -0.1) is 0 Å². The molecule has 1 saturated heterocycles. The number of aliphatic hydroxyl groups is 1. The van der Waals surface area contributed by atoms with Gasteiger partial charge in [0.1, 0.15) is 0 Å². The minimum Gasteiger partial charge on any atom is -0.389 e. The van der Waals surface area contributed by atoms with Crippen molar-refractivity contribution in [3.05, 3.63) is 0 Å². The number of hydrogen-bond acceptors (Lipinski definition) is 4. The standard InChI is InChI=1S/C12H26N2O2/c1-10(2)16-9-12(15)8-14(3)7-11-5-4-6-13-11/h10-13,15H,4-9H2,1-3H3. The van der Waals surface area contributed by atoms with Gasteiger partial charge in [0.15, 0.2) is 0 Å². The molecule has 0 aromatic heterocycles. The molecule has 0 radical (unpaired) electrons. The summed E-state index contributed by atoms with van der Waals surface area (Å²) in [5.74, 6) is 0. The predicted molar refractivity (Wildman–Crippen MR) is 65.6 cm³/mol. The summed E-state index contributed by atoms with van der Waals surface area (Å²) in [6.07, 6.45) is 2.34. The SMILES string of the molecule is CC(C)OCC(O)CN(C)CC1CCCN1. The number of hydrogen-bond donors (Lipinski definition) is 2. The van der Waals surface area contributed by atoms with Gasteiger partial charge in [0.25, 0.3) is 0 Å². The lowest BCUT2D eigenvalue weighted by atomic mass is 10.2. The third kappa shape index (κ3) is 5.80. The average molecular weight is 230 g/mol. The lowest BCUT2D eigenvalue weighted by Gasteiger charge is -2.24. The van der Waals surface area contributed by atoms with Crippen molar-refractivity contribution in [3.8, 4) is 0 Å². The second-order valence-electron chi connectivity index (χ2n) is 5.05. The molecule has 0 aliphatic carbocycles. The summed E-state index contributed by atoms with van der Waals surface area (Å²) in [5.41, 5.74) is 0. The third-order valence-electron chi connectivity index (χ3n) is 2.84. The van der Waals surface area contributed by atoms with Crippen LogP contribution in [0.3, 0.4) is 0 Å². The number of likely N-dealkylation sites (N-methyl/N-ethyl adjacent to an activating group) is 1. The first-order chi connectivity index (χ1) is 7.58. The van der Waals surface area contributed by atoms with Crippen LogP contribution in [-0.4, -0.2) is 61.5 Å². The number of rotatable bonds is 7. The Labute approximate surface area is 99.0 Å². The van der Waals surface area contributed by atoms with Crippen LogP contribution < -0.4 is 5.32 Å². The van der Waals surface area contributed by atoms with E-state index in [1.54, 1.807) is 0 Å². The van der Waals surface area contributed by atoms with Crippen molar-refractivity contribution in [2.75, 3.05) is 33.3 Å². The van der Waals surface area contributed by atoms with Crippen LogP contribution >= 0.6 is 0 Å². The smallest absolute Gasteiger partial charge is 0.0900 e. The van der Waals surface area contributed by atoms with Gasteiger partial charge in [-0.05, 0) is 40.3 Å². The Kier molecular flexibility index (Phi) is 6.28. The highest BCUT2D eigenvalue weighted by Gasteiger charge is 2.17. The highest BCUT2D eigenvalue weighted by molar-refractivity contribution is 4.77. The largest absolute Gasteiger partial charge is 0.389 e. The molecule has 4 nitrogen and oxygen atoms in total. The van der Waals surface area contributed by atoms with Crippen molar-refractivity contribution in [1.82, 2.24) is 10.2 Å². The highest BCUT2D eigenvalue weighted by atomic mass is 16.5. The summed E-state index contributed by atoms with van der Waals surface area (Å²) >= 11 is 0. The first kappa shape index (κ1) is 13.9. The Morgan fingerprint density at radius 2 is 2.25 bits per heavy atom. The molecule has 2 atom stereocenters. The van der Waals surface area contributed by atoms with Crippen molar-refractivity contribution < 1.29 is 9.84 Å². The van der Waals surface area contributed by atoms with E-state index in [0.717, 1.165) is 13.1 Å². The molecular formula is C12H26N2O2. The van der Waals surface area contributed by atoms with Gasteiger partial charge in [-0.25, -0.2) is 0 Å². The minimum absolute atomic E-state index is 0.191. The maximum Gasteiger partial charge on any atom is 0.0900 e. The quantitative estimate of drug-likeness (QED) is 0.667. The molecule has 16 heavy (non-hydrogen) atoms. The van der Waals surface area contributed by atoms with Crippen molar-refractivity contribution in [2.24, 2.45) is 0 Å². The van der Waals surface area contributed by atoms with Crippen molar-refractivity contribution in [3.63, 3.8) is 0 Å². The Bertz CT molecular complexity index is 182. The fourth-order valence-corrected chi connectivity index (χ4v) is 2.08. The molecule has 1 aliphatic heterocycles. The van der Waals surface area contributed by atoms with Crippen LogP contribution in [0.1, 0.15) is 26.7 Å². The molecule has 96 valence electrons. The van der Waals surface area contributed by atoms with Crippen molar-refractivity contribution in [1.29, 1.82) is 0 Å². The fourth-order valence-electron chi connectivity index (χ4n) is 2.08. The van der Waals surface area contributed by atoms with Gasteiger partial charge in [0.05, 0.1) is 18.8 Å². The lowest BCUT2D eigenvalue weighted by molar-refractivity contribution is -0.00616. The van der Waals surface area contributed by atoms with Crippen LogP contribution in [0.15, 0.2) is 0 Å². The fraction of sp³-hybridized carbons (Fsp3) is 1.00. The van der Waals surface area contributed by atoms with E-state index in [1.807, 2.05) is 13.8 Å². The van der Waals surface area contributed by atoms with Crippen molar-refractivity contribution in [2.45, 2.75) is 44.9 Å². The molecule has 0 aromatic rings. The Morgan fingerprint density at radius 3 is 2.81 bits per heavy atom. The normalized spacial score (nSPS) is 23.2. The topological polar surface area (TPSA) is 44.7 Å². The van der Waals surface area contributed by atoms with Gasteiger partial charge in [0, 0.05) is 19.1 Å². The molecule has 1 heterocycles. The minimum atomic E-state index is -0.381. The number of aliphatic hydroxyl groups excluding tert-OH is 1. The van der Waals surface area contributed by atoms with E-state index < -0.39 is 0 Å². The molecule has 1 fully saturated rings. The number of nitrogens with zero attached hydrogens (tertiary/aromatic N) is 1. The van der Waals surface area contributed by atoms with Crippen LogP contribution in [0.4, 0.5) is 0 Å². The van der Waals surface area contributed by atoms with E-state index >= 15 is 0 Å². The molecule has 2 N–H and O–H groups in total. The number of ether oxygens (including phenoxy) is 1. The summed E-state index contributed by atoms with van der Waals surface area (Å²) in [5, 5.41) is 13.2. The van der Waals surface area contributed by atoms with Crippen LogP contribution in [0.2, 0.25) is 0 Å². The molecule has 0 amide bonds. The second-order valence-corrected chi connectivity index (χ2v) is 5.05. The molecule has 2 unspecified atom stereocenters. The summed E-state index contributed by atoms with van der Waals surface area (Å²) in [4.78, 5) is 2.18. The average Bonchev–Trinajstić information content (AvgIpc) is 2.67. The van der Waals surface area contributed by atoms with Crippen LogP contribution in [0.5, 0.6) is 0 Å². The molecule has 1 aliphatic rings. The summed E-state index contributed by atoms with van der Waals surface area (Å²) in [6.45, 7) is 7.24. The maximum absolute atomic E-state index is 9.76. The van der Waals surface area contributed by atoms with Gasteiger partial charge >= 0.3 is 0 Å². The monoisotopic (exact) mass is 230 g/mol. The van der Waals surface area contributed by atoms with Gasteiger partial charge in [-0.1, -0.05) is 0 Å². The zero-order chi connectivity index (χ0) is 12.0. The molecule has 0 bridgehead atoms. The van der Waals surface area contributed by atoms with E-state index in [-0.39, 0.29) is 12.2 Å². The van der Waals surface area contributed by atoms with Crippen LogP contribution in [-0.2, 0) is 4.74 Å². The van der Waals surface area contributed by atoms with Crippen LogP contribution in [0.25, 0.3) is 0 Å². The number of nitrogens with one attached hydrogen (secondary N) is 1.